The molecule has 8 nitrogen and oxygen atoms in total. The standard InChI is InChI=1S/C21H27N3O5S/c1-28-18-8-9-19(29-2)20(14-18)30(26,27)24(15-17-6-4-3-5-7-17)16-21(25)23-12-10-22-11-13-23/h3-9,14,22H,10-13,15-16H2,1-2H3. The fourth-order valence-corrected chi connectivity index (χ4v) is 4.85. The lowest BCUT2D eigenvalue weighted by molar-refractivity contribution is -0.132. The van der Waals surface area contributed by atoms with Gasteiger partial charge in [0.1, 0.15) is 16.4 Å². The average molecular weight is 434 g/mol. The first-order chi connectivity index (χ1) is 14.5. The summed E-state index contributed by atoms with van der Waals surface area (Å²) in [4.78, 5) is 14.5. The van der Waals surface area contributed by atoms with E-state index < -0.39 is 10.0 Å². The van der Waals surface area contributed by atoms with E-state index in [2.05, 4.69) is 5.32 Å². The van der Waals surface area contributed by atoms with Crippen LogP contribution in [0.4, 0.5) is 0 Å². The predicted molar refractivity (Wildman–Crippen MR) is 113 cm³/mol. The van der Waals surface area contributed by atoms with Crippen molar-refractivity contribution in [3.8, 4) is 11.5 Å². The summed E-state index contributed by atoms with van der Waals surface area (Å²) in [5.74, 6) is 0.365. The summed E-state index contributed by atoms with van der Waals surface area (Å²) in [6.45, 7) is 2.32. The molecule has 1 aliphatic rings. The molecule has 1 N–H and O–H groups in total. The smallest absolute Gasteiger partial charge is 0.247 e. The zero-order chi connectivity index (χ0) is 21.6. The van der Waals surface area contributed by atoms with Crippen molar-refractivity contribution in [1.82, 2.24) is 14.5 Å². The number of carbonyl (C=O) groups excluding carboxylic acids is 1. The predicted octanol–water partition coefficient (Wildman–Crippen LogP) is 1.33. The van der Waals surface area contributed by atoms with Crippen molar-refractivity contribution in [3.63, 3.8) is 0 Å². The second kappa shape index (κ2) is 9.92. The number of methoxy groups -OCH3 is 2. The SMILES string of the molecule is COc1ccc(OC)c(S(=O)(=O)N(CC(=O)N2CCNCC2)Cc2ccccc2)c1. The van der Waals surface area contributed by atoms with Crippen molar-refractivity contribution in [2.45, 2.75) is 11.4 Å². The van der Waals surface area contributed by atoms with E-state index in [9.17, 15) is 13.2 Å². The third-order valence-electron chi connectivity index (χ3n) is 4.97. The molecule has 2 aromatic rings. The molecule has 1 fully saturated rings. The van der Waals surface area contributed by atoms with Gasteiger partial charge in [0.15, 0.2) is 0 Å². The highest BCUT2D eigenvalue weighted by atomic mass is 32.2. The van der Waals surface area contributed by atoms with Crippen LogP contribution in [0.25, 0.3) is 0 Å². The van der Waals surface area contributed by atoms with Crippen molar-refractivity contribution >= 4 is 15.9 Å². The van der Waals surface area contributed by atoms with Crippen molar-refractivity contribution in [2.24, 2.45) is 0 Å². The van der Waals surface area contributed by atoms with Crippen LogP contribution in [0, 0.1) is 0 Å². The van der Waals surface area contributed by atoms with Crippen LogP contribution in [0.2, 0.25) is 0 Å². The summed E-state index contributed by atoms with van der Waals surface area (Å²) in [5, 5.41) is 3.19. The topological polar surface area (TPSA) is 88.2 Å². The van der Waals surface area contributed by atoms with E-state index in [0.29, 0.717) is 31.9 Å². The normalized spacial score (nSPS) is 14.6. The summed E-state index contributed by atoms with van der Waals surface area (Å²) in [7, 11) is -1.17. The minimum Gasteiger partial charge on any atom is -0.497 e. The highest BCUT2D eigenvalue weighted by Crippen LogP contribution is 2.31. The van der Waals surface area contributed by atoms with Gasteiger partial charge in [0.2, 0.25) is 15.9 Å². The van der Waals surface area contributed by atoms with E-state index in [1.807, 2.05) is 30.3 Å². The lowest BCUT2D eigenvalue weighted by atomic mass is 10.2. The monoisotopic (exact) mass is 433 g/mol. The van der Waals surface area contributed by atoms with Crippen molar-refractivity contribution < 1.29 is 22.7 Å². The van der Waals surface area contributed by atoms with Crippen LogP contribution in [0.1, 0.15) is 5.56 Å². The quantitative estimate of drug-likeness (QED) is 0.676. The van der Waals surface area contributed by atoms with E-state index in [0.717, 1.165) is 5.56 Å². The number of nitrogens with zero attached hydrogens (tertiary/aromatic N) is 2. The van der Waals surface area contributed by atoms with E-state index in [1.165, 1.54) is 24.6 Å². The molecule has 0 bridgehead atoms. The van der Waals surface area contributed by atoms with Gasteiger partial charge in [-0.15, -0.1) is 0 Å². The zero-order valence-corrected chi connectivity index (χ0v) is 18.0. The van der Waals surface area contributed by atoms with Crippen molar-refractivity contribution in [3.05, 3.63) is 54.1 Å². The molecule has 2 aromatic carbocycles. The first-order valence-corrected chi connectivity index (χ1v) is 11.1. The molecule has 30 heavy (non-hydrogen) atoms. The zero-order valence-electron chi connectivity index (χ0n) is 17.2. The molecule has 1 amide bonds. The van der Waals surface area contributed by atoms with Crippen molar-refractivity contribution in [1.29, 1.82) is 0 Å². The van der Waals surface area contributed by atoms with Gasteiger partial charge in [0.25, 0.3) is 0 Å². The van der Waals surface area contributed by atoms with E-state index in [1.54, 1.807) is 17.0 Å². The summed E-state index contributed by atoms with van der Waals surface area (Å²) in [6.07, 6.45) is 0. The molecule has 0 spiro atoms. The minimum atomic E-state index is -4.04. The second-order valence-electron chi connectivity index (χ2n) is 6.91. The van der Waals surface area contributed by atoms with E-state index in [-0.39, 0.29) is 29.6 Å². The summed E-state index contributed by atoms with van der Waals surface area (Å²) < 4.78 is 38.9. The van der Waals surface area contributed by atoms with Crippen LogP contribution in [-0.2, 0) is 21.4 Å². The molecule has 0 aromatic heterocycles. The fourth-order valence-electron chi connectivity index (χ4n) is 3.30. The summed E-state index contributed by atoms with van der Waals surface area (Å²) >= 11 is 0. The molecule has 0 atom stereocenters. The Morgan fingerprint density at radius 3 is 2.40 bits per heavy atom. The number of hydrogen-bond acceptors (Lipinski definition) is 6. The molecule has 0 saturated carbocycles. The number of rotatable bonds is 8. The van der Waals surface area contributed by atoms with Crippen LogP contribution >= 0.6 is 0 Å². The summed E-state index contributed by atoms with van der Waals surface area (Å²) in [6, 6.07) is 13.8. The van der Waals surface area contributed by atoms with Gasteiger partial charge in [-0.1, -0.05) is 30.3 Å². The molecule has 9 heteroatoms. The Balaban J connectivity index is 1.96. The van der Waals surface area contributed by atoms with Crippen molar-refractivity contribution in [2.75, 3.05) is 46.9 Å². The van der Waals surface area contributed by atoms with Gasteiger partial charge >= 0.3 is 0 Å². The number of amides is 1. The maximum Gasteiger partial charge on any atom is 0.247 e. The maximum atomic E-state index is 13.6. The molecule has 0 unspecified atom stereocenters. The molecule has 1 aliphatic heterocycles. The third kappa shape index (κ3) is 5.10. The molecular formula is C21H27N3O5S. The first-order valence-electron chi connectivity index (χ1n) is 9.70. The van der Waals surface area contributed by atoms with Crippen LogP contribution < -0.4 is 14.8 Å². The Morgan fingerprint density at radius 1 is 1.07 bits per heavy atom. The number of hydrogen-bond donors (Lipinski definition) is 1. The molecule has 3 rings (SSSR count). The highest BCUT2D eigenvalue weighted by Gasteiger charge is 2.32. The number of ether oxygens (including phenoxy) is 2. The van der Waals surface area contributed by atoms with Gasteiger partial charge in [-0.3, -0.25) is 4.79 Å². The molecular weight excluding hydrogens is 406 g/mol. The largest absolute Gasteiger partial charge is 0.497 e. The average Bonchev–Trinajstić information content (AvgIpc) is 2.79. The van der Waals surface area contributed by atoms with Gasteiger partial charge in [0.05, 0.1) is 20.8 Å². The third-order valence-corrected chi connectivity index (χ3v) is 6.78. The Hall–Kier alpha value is -2.62. The highest BCUT2D eigenvalue weighted by molar-refractivity contribution is 7.89. The molecule has 1 saturated heterocycles. The van der Waals surface area contributed by atoms with Gasteiger partial charge in [0, 0.05) is 38.8 Å². The number of sulfonamides is 1. The van der Waals surface area contributed by atoms with Gasteiger partial charge < -0.3 is 19.7 Å². The number of piperazine rings is 1. The Morgan fingerprint density at radius 2 is 1.77 bits per heavy atom. The Labute approximate surface area is 177 Å². The Bertz CT molecular complexity index is 960. The lowest BCUT2D eigenvalue weighted by Crippen LogP contribution is -2.50. The molecule has 1 heterocycles. The summed E-state index contributed by atoms with van der Waals surface area (Å²) in [5.41, 5.74) is 0.788. The number of carbonyl (C=O) groups is 1. The second-order valence-corrected chi connectivity index (χ2v) is 8.81. The molecule has 0 radical (unpaired) electrons. The minimum absolute atomic E-state index is 0.0339. The fraction of sp³-hybridized carbons (Fsp3) is 0.381. The Kier molecular flexibility index (Phi) is 7.30. The first kappa shape index (κ1) is 22.1. The van der Waals surface area contributed by atoms with Gasteiger partial charge in [-0.2, -0.15) is 4.31 Å². The van der Waals surface area contributed by atoms with E-state index >= 15 is 0 Å². The van der Waals surface area contributed by atoms with Gasteiger partial charge in [-0.05, 0) is 17.7 Å². The lowest BCUT2D eigenvalue weighted by Gasteiger charge is -2.30. The molecule has 0 aliphatic carbocycles. The van der Waals surface area contributed by atoms with Crippen LogP contribution in [0.5, 0.6) is 11.5 Å². The molecule has 162 valence electrons. The van der Waals surface area contributed by atoms with Crippen LogP contribution in [-0.4, -0.2) is 70.5 Å². The number of nitrogens with one attached hydrogen (secondary N) is 1. The number of benzene rings is 2. The van der Waals surface area contributed by atoms with Crippen LogP contribution in [0.3, 0.4) is 0 Å². The van der Waals surface area contributed by atoms with E-state index in [4.69, 9.17) is 9.47 Å². The maximum absolute atomic E-state index is 13.6. The van der Waals surface area contributed by atoms with Crippen LogP contribution in [0.15, 0.2) is 53.4 Å². The van der Waals surface area contributed by atoms with Gasteiger partial charge in [-0.25, -0.2) is 8.42 Å².